The van der Waals surface area contributed by atoms with E-state index in [1.807, 2.05) is 0 Å². The van der Waals surface area contributed by atoms with Gasteiger partial charge < -0.3 is 4.57 Å². The average Bonchev–Trinajstić information content (AvgIpc) is 3.36. The molecule has 8 nitrogen and oxygen atoms in total. The fourth-order valence-electron chi connectivity index (χ4n) is 3.84. The van der Waals surface area contributed by atoms with Gasteiger partial charge in [-0.1, -0.05) is 24.3 Å². The molecule has 0 aliphatic carbocycles. The first-order chi connectivity index (χ1) is 17.7. The Morgan fingerprint density at radius 1 is 0.946 bits per heavy atom. The number of hydrogen-bond donors (Lipinski definition) is 0. The van der Waals surface area contributed by atoms with E-state index in [-0.39, 0.29) is 22.5 Å². The van der Waals surface area contributed by atoms with Crippen LogP contribution in [0.25, 0.3) is 28.0 Å². The van der Waals surface area contributed by atoms with Crippen molar-refractivity contribution >= 4 is 22.8 Å². The lowest BCUT2D eigenvalue weighted by atomic mass is 10.1. The average molecular weight is 503 g/mol. The number of halogens is 3. The predicted molar refractivity (Wildman–Crippen MR) is 132 cm³/mol. The molecule has 37 heavy (non-hydrogen) atoms. The lowest BCUT2D eigenvalue weighted by Gasteiger charge is -2.12. The maximum absolute atomic E-state index is 13.4. The summed E-state index contributed by atoms with van der Waals surface area (Å²) in [5.41, 5.74) is 0.0209. The first kappa shape index (κ1) is 23.7. The molecule has 0 bridgehead atoms. The summed E-state index contributed by atoms with van der Waals surface area (Å²) in [5.74, 6) is -0.0560. The topological polar surface area (TPSA) is 95.3 Å². The molecule has 0 atom stereocenters. The molecular formula is C26H16F3N5O3. The van der Waals surface area contributed by atoms with Gasteiger partial charge in [-0.25, -0.2) is 4.98 Å². The number of fused-ring (bicyclic) bond motifs is 1. The van der Waals surface area contributed by atoms with E-state index >= 15 is 0 Å². The molecule has 3 aromatic carbocycles. The Labute approximate surface area is 206 Å². The van der Waals surface area contributed by atoms with Crippen LogP contribution in [0.3, 0.4) is 0 Å². The molecule has 2 aromatic heterocycles. The van der Waals surface area contributed by atoms with Crippen LogP contribution in [0.1, 0.15) is 11.3 Å². The Hall–Kier alpha value is -5.06. The highest BCUT2D eigenvalue weighted by Gasteiger charge is 2.31. The van der Waals surface area contributed by atoms with Gasteiger partial charge in [-0.15, -0.1) is 0 Å². The van der Waals surface area contributed by atoms with Crippen molar-refractivity contribution < 1.29 is 18.1 Å². The smallest absolute Gasteiger partial charge is 0.316 e. The van der Waals surface area contributed by atoms with Crippen molar-refractivity contribution in [3.05, 3.63) is 123 Å². The Morgan fingerprint density at radius 2 is 1.70 bits per heavy atom. The number of non-ortho nitro benzene ring substituents is 1. The van der Waals surface area contributed by atoms with Crippen molar-refractivity contribution in [2.75, 3.05) is 0 Å². The molecule has 0 aliphatic heterocycles. The SMILES string of the molecule is O=c1c2ccccc2nc(-c2cccc(C(F)(F)F)c2)n1N=Cc1cccn1-c1ccc([N+](=O)[O-])cc1. The van der Waals surface area contributed by atoms with Gasteiger partial charge in [-0.3, -0.25) is 14.9 Å². The van der Waals surface area contributed by atoms with Crippen molar-refractivity contribution in [1.82, 2.24) is 14.2 Å². The largest absolute Gasteiger partial charge is 0.416 e. The number of hydrogen-bond acceptors (Lipinski definition) is 5. The highest BCUT2D eigenvalue weighted by atomic mass is 19.4. The van der Waals surface area contributed by atoms with E-state index in [4.69, 9.17) is 0 Å². The van der Waals surface area contributed by atoms with Crippen molar-refractivity contribution in [2.24, 2.45) is 5.10 Å². The van der Waals surface area contributed by atoms with Crippen LogP contribution in [-0.2, 0) is 6.18 Å². The van der Waals surface area contributed by atoms with Crippen molar-refractivity contribution in [3.63, 3.8) is 0 Å². The summed E-state index contributed by atoms with van der Waals surface area (Å²) in [6.07, 6.45) is -1.50. The normalized spacial score (nSPS) is 11.9. The summed E-state index contributed by atoms with van der Waals surface area (Å²) in [7, 11) is 0. The zero-order valence-corrected chi connectivity index (χ0v) is 18.8. The van der Waals surface area contributed by atoms with Gasteiger partial charge in [-0.05, 0) is 48.5 Å². The monoisotopic (exact) mass is 503 g/mol. The highest BCUT2D eigenvalue weighted by Crippen LogP contribution is 2.32. The van der Waals surface area contributed by atoms with Crippen molar-refractivity contribution in [1.29, 1.82) is 0 Å². The quantitative estimate of drug-likeness (QED) is 0.176. The molecule has 11 heteroatoms. The third-order valence-corrected chi connectivity index (χ3v) is 5.63. The number of nitrogens with zero attached hydrogens (tertiary/aromatic N) is 5. The molecule has 5 rings (SSSR count). The van der Waals surface area contributed by atoms with Crippen LogP contribution in [0.2, 0.25) is 0 Å². The molecule has 0 radical (unpaired) electrons. The van der Waals surface area contributed by atoms with Crippen LogP contribution in [0.15, 0.2) is 101 Å². The summed E-state index contributed by atoms with van der Waals surface area (Å²) in [4.78, 5) is 28.2. The predicted octanol–water partition coefficient (Wildman–Crippen LogP) is 5.66. The second kappa shape index (κ2) is 9.19. The van der Waals surface area contributed by atoms with Gasteiger partial charge in [0.05, 0.1) is 33.3 Å². The Morgan fingerprint density at radius 3 is 2.43 bits per heavy atom. The first-order valence-corrected chi connectivity index (χ1v) is 10.9. The number of benzene rings is 3. The van der Waals surface area contributed by atoms with Gasteiger partial charge in [0.2, 0.25) is 0 Å². The van der Waals surface area contributed by atoms with Crippen LogP contribution in [0.4, 0.5) is 18.9 Å². The first-order valence-electron chi connectivity index (χ1n) is 10.9. The maximum atomic E-state index is 13.4. The van der Waals surface area contributed by atoms with Crippen molar-refractivity contribution in [2.45, 2.75) is 6.18 Å². The zero-order chi connectivity index (χ0) is 26.2. The number of rotatable bonds is 5. The van der Waals surface area contributed by atoms with Gasteiger partial charge in [0.1, 0.15) is 0 Å². The van der Waals surface area contributed by atoms with E-state index < -0.39 is 22.2 Å². The summed E-state index contributed by atoms with van der Waals surface area (Å²) in [5, 5.41) is 15.5. The van der Waals surface area contributed by atoms with Crippen LogP contribution >= 0.6 is 0 Å². The van der Waals surface area contributed by atoms with E-state index in [0.717, 1.165) is 16.8 Å². The molecule has 0 saturated heterocycles. The summed E-state index contributed by atoms with van der Waals surface area (Å²) in [6, 6.07) is 20.3. The molecular weight excluding hydrogens is 487 g/mol. The van der Waals surface area contributed by atoms with Crippen LogP contribution in [-0.4, -0.2) is 25.4 Å². The van der Waals surface area contributed by atoms with E-state index in [1.54, 1.807) is 59.3 Å². The second-order valence-electron chi connectivity index (χ2n) is 7.97. The van der Waals surface area contributed by atoms with Crippen LogP contribution < -0.4 is 5.56 Å². The van der Waals surface area contributed by atoms with Gasteiger partial charge in [-0.2, -0.15) is 22.9 Å². The summed E-state index contributed by atoms with van der Waals surface area (Å²) in [6.45, 7) is 0. The minimum Gasteiger partial charge on any atom is -0.316 e. The van der Waals surface area contributed by atoms with Crippen LogP contribution in [0.5, 0.6) is 0 Å². The van der Waals surface area contributed by atoms with Gasteiger partial charge in [0, 0.05) is 29.6 Å². The highest BCUT2D eigenvalue weighted by molar-refractivity contribution is 5.81. The molecule has 5 aromatic rings. The molecule has 2 heterocycles. The number of aromatic nitrogens is 3. The third-order valence-electron chi connectivity index (χ3n) is 5.63. The van der Waals surface area contributed by atoms with Crippen LogP contribution in [0, 0.1) is 10.1 Å². The Kier molecular flexibility index (Phi) is 5.88. The Balaban J connectivity index is 1.64. The Bertz CT molecular complexity index is 1720. The summed E-state index contributed by atoms with van der Waals surface area (Å²) >= 11 is 0. The molecule has 0 unspecified atom stereocenters. The number of para-hydroxylation sites is 1. The van der Waals surface area contributed by atoms with Crippen molar-refractivity contribution in [3.8, 4) is 17.1 Å². The minimum absolute atomic E-state index is 0.0560. The standard InChI is InChI=1S/C26H16F3N5O3/c27-26(28,29)18-6-3-5-17(15-18)24-31-23-9-2-1-8-22(23)25(35)33(24)30-16-21-7-4-14-32(21)19-10-12-20(13-11-19)34(36)37/h1-16H. The lowest BCUT2D eigenvalue weighted by Crippen LogP contribution is -2.20. The molecule has 184 valence electrons. The molecule has 0 amide bonds. The fraction of sp³-hybridized carbons (Fsp3) is 0.0385. The van der Waals surface area contributed by atoms with E-state index in [1.165, 1.54) is 30.5 Å². The van der Waals surface area contributed by atoms with E-state index in [2.05, 4.69) is 10.1 Å². The number of nitro benzene ring substituents is 1. The number of alkyl halides is 3. The lowest BCUT2D eigenvalue weighted by molar-refractivity contribution is -0.384. The van der Waals surface area contributed by atoms with Gasteiger partial charge in [0.15, 0.2) is 5.82 Å². The molecule has 0 spiro atoms. The van der Waals surface area contributed by atoms with E-state index in [0.29, 0.717) is 16.9 Å². The molecule has 0 aliphatic rings. The molecule has 0 N–H and O–H groups in total. The summed E-state index contributed by atoms with van der Waals surface area (Å²) < 4.78 is 42.8. The molecule has 0 saturated carbocycles. The number of nitro groups is 1. The zero-order valence-electron chi connectivity index (χ0n) is 18.8. The third kappa shape index (κ3) is 4.61. The second-order valence-corrected chi connectivity index (χ2v) is 7.97. The maximum Gasteiger partial charge on any atom is 0.416 e. The molecule has 0 fully saturated rings. The minimum atomic E-state index is -4.58. The van der Waals surface area contributed by atoms with E-state index in [9.17, 15) is 28.1 Å². The fourth-order valence-corrected chi connectivity index (χ4v) is 3.84. The van der Waals surface area contributed by atoms with Gasteiger partial charge in [0.25, 0.3) is 11.2 Å². The van der Waals surface area contributed by atoms with Gasteiger partial charge >= 0.3 is 6.18 Å².